The van der Waals surface area contributed by atoms with E-state index in [9.17, 15) is 48.0 Å². The fourth-order valence-corrected chi connectivity index (χ4v) is 3.62. The van der Waals surface area contributed by atoms with E-state index < -0.39 is 51.7 Å². The summed E-state index contributed by atoms with van der Waals surface area (Å²) in [6.45, 7) is -1.25. The molecule has 0 fully saturated rings. The van der Waals surface area contributed by atoms with E-state index in [2.05, 4.69) is 0 Å². The van der Waals surface area contributed by atoms with Gasteiger partial charge < -0.3 is 9.96 Å². The Morgan fingerprint density at radius 1 is 0.870 bits per heavy atom. The fraction of sp³-hybridized carbons (Fsp3) is 0.857. The molecule has 0 atom stereocenters. The first kappa shape index (κ1) is 24.1. The second kappa shape index (κ2) is 6.40. The molecule has 0 saturated carbocycles. The van der Waals surface area contributed by atoms with Crippen molar-refractivity contribution in [2.75, 3.05) is 27.7 Å². The molecule has 0 aliphatic carbocycles. The van der Waals surface area contributed by atoms with E-state index >= 15 is 0 Å². The predicted octanol–water partition coefficient (Wildman–Crippen LogP) is 0.0436. The lowest BCUT2D eigenvalue weighted by molar-refractivity contribution is -0.862. The first-order chi connectivity index (χ1) is 9.25. The molecule has 1 amide bonds. The van der Waals surface area contributed by atoms with Gasteiger partial charge in [-0.05, 0) is 0 Å². The molecular weight excluding hydrogens is 386 g/mol. The number of quaternary nitrogens is 1. The topological polar surface area (TPSA) is 119 Å². The standard InChI is InChI=1S/C7H11F6N2O5S2.H2O/c1-15(2,3)4-5(16)14(21(17,18)6(8,9)10)22(19,20)7(11,12)13;/h4H2,1-3H3;1H2/q+1;/p-1. The van der Waals surface area contributed by atoms with Gasteiger partial charge in [0.25, 0.3) is 0 Å². The Bertz CT molecular complexity index is 600. The largest absolute Gasteiger partial charge is 0.870 e. The summed E-state index contributed by atoms with van der Waals surface area (Å²) in [4.78, 5) is 11.5. The van der Waals surface area contributed by atoms with Gasteiger partial charge in [-0.2, -0.15) is 43.2 Å². The number of sulfonamides is 2. The second-order valence-electron chi connectivity index (χ2n) is 4.94. The van der Waals surface area contributed by atoms with E-state index in [0.29, 0.717) is 0 Å². The van der Waals surface area contributed by atoms with E-state index in [0.717, 1.165) is 21.1 Å². The van der Waals surface area contributed by atoms with Gasteiger partial charge in [0.05, 0.1) is 21.1 Å². The van der Waals surface area contributed by atoms with Gasteiger partial charge >= 0.3 is 37.0 Å². The van der Waals surface area contributed by atoms with E-state index in [1.165, 1.54) is 0 Å². The predicted molar refractivity (Wildman–Crippen MR) is 61.6 cm³/mol. The Labute approximate surface area is 127 Å². The van der Waals surface area contributed by atoms with Crippen molar-refractivity contribution in [2.24, 2.45) is 0 Å². The minimum absolute atomic E-state index is 0. The number of carbonyl (C=O) groups is 1. The van der Waals surface area contributed by atoms with Crippen LogP contribution in [0.2, 0.25) is 0 Å². The van der Waals surface area contributed by atoms with Gasteiger partial charge in [-0.15, -0.1) is 3.71 Å². The highest BCUT2D eigenvalue weighted by molar-refractivity contribution is 8.05. The molecule has 0 spiro atoms. The van der Waals surface area contributed by atoms with Gasteiger partial charge in [0.2, 0.25) is 0 Å². The maximum atomic E-state index is 12.4. The molecule has 0 aromatic carbocycles. The zero-order valence-electron chi connectivity index (χ0n) is 11.7. The summed E-state index contributed by atoms with van der Waals surface area (Å²) in [7, 11) is -10.8. The van der Waals surface area contributed by atoms with Crippen molar-refractivity contribution in [2.45, 2.75) is 11.0 Å². The number of alkyl halides is 6. The molecule has 0 saturated heterocycles. The van der Waals surface area contributed by atoms with Crippen LogP contribution >= 0.6 is 0 Å². The SMILES string of the molecule is C[N+](C)(C)CC(=O)N(S(=O)(=O)C(F)(F)F)S(=O)(=O)C(F)(F)F.[OH-]. The summed E-state index contributed by atoms with van der Waals surface area (Å²) in [6, 6.07) is 0. The van der Waals surface area contributed by atoms with Crippen LogP contribution in [0.3, 0.4) is 0 Å². The number of hydrogen-bond donors (Lipinski definition) is 0. The monoisotopic (exact) mass is 398 g/mol. The number of hydrogen-bond acceptors (Lipinski definition) is 6. The minimum Gasteiger partial charge on any atom is -0.870 e. The Kier molecular flexibility index (Phi) is 6.72. The summed E-state index contributed by atoms with van der Waals surface area (Å²) < 4.78 is 116. The van der Waals surface area contributed by atoms with Crippen molar-refractivity contribution in [3.63, 3.8) is 0 Å². The van der Waals surface area contributed by atoms with Gasteiger partial charge in [-0.1, -0.05) is 0 Å². The van der Waals surface area contributed by atoms with Crippen LogP contribution in [-0.4, -0.2) is 75.1 Å². The van der Waals surface area contributed by atoms with Gasteiger partial charge in [0.1, 0.15) is 0 Å². The molecule has 0 unspecified atom stereocenters. The van der Waals surface area contributed by atoms with Crippen LogP contribution in [0.1, 0.15) is 0 Å². The minimum atomic E-state index is -7.09. The molecule has 0 aromatic rings. The highest BCUT2D eigenvalue weighted by atomic mass is 32.3. The van der Waals surface area contributed by atoms with Gasteiger partial charge in [-0.25, -0.2) is 0 Å². The average Bonchev–Trinajstić information content (AvgIpc) is 2.08. The lowest BCUT2D eigenvalue weighted by Crippen LogP contribution is -2.56. The van der Waals surface area contributed by atoms with Crippen molar-refractivity contribution >= 4 is 26.0 Å². The van der Waals surface area contributed by atoms with Crippen LogP contribution < -0.4 is 0 Å². The van der Waals surface area contributed by atoms with E-state index in [-0.39, 0.29) is 5.48 Å². The summed E-state index contributed by atoms with van der Waals surface area (Å²) >= 11 is 0. The smallest absolute Gasteiger partial charge is 0.517 e. The number of halogens is 6. The number of rotatable bonds is 4. The summed E-state index contributed by atoms with van der Waals surface area (Å²) in [5.74, 6) is -2.39. The zero-order valence-corrected chi connectivity index (χ0v) is 13.3. The molecule has 1 N–H and O–H groups in total. The van der Waals surface area contributed by atoms with E-state index in [4.69, 9.17) is 0 Å². The third-order valence-electron chi connectivity index (χ3n) is 1.83. The van der Waals surface area contributed by atoms with Crippen LogP contribution in [0, 0.1) is 0 Å². The van der Waals surface area contributed by atoms with Crippen molar-refractivity contribution < 1.29 is 57.9 Å². The highest BCUT2D eigenvalue weighted by Gasteiger charge is 2.63. The van der Waals surface area contributed by atoms with E-state index in [1.807, 2.05) is 0 Å². The molecule has 8 nitrogen and oxygen atoms in total. The Balaban J connectivity index is 0. The van der Waals surface area contributed by atoms with Crippen LogP contribution in [-0.2, 0) is 24.8 Å². The Hall–Kier alpha value is -1.13. The quantitative estimate of drug-likeness (QED) is 0.488. The second-order valence-corrected chi connectivity index (χ2v) is 8.73. The van der Waals surface area contributed by atoms with Crippen LogP contribution in [0.5, 0.6) is 0 Å². The maximum absolute atomic E-state index is 12.4. The zero-order chi connectivity index (χ0) is 18.4. The Morgan fingerprint density at radius 3 is 1.30 bits per heavy atom. The number of carbonyl (C=O) groups excluding carboxylic acids is 1. The molecular formula is C7H12F6N2O6S2. The summed E-state index contributed by atoms with van der Waals surface area (Å²) in [5.41, 5.74) is -12.8. The fourth-order valence-electron chi connectivity index (χ4n) is 1.05. The molecule has 0 heterocycles. The molecule has 0 radical (unpaired) electrons. The first-order valence-electron chi connectivity index (χ1n) is 5.01. The van der Waals surface area contributed by atoms with Gasteiger partial charge in [0.15, 0.2) is 6.54 Å². The maximum Gasteiger partial charge on any atom is 0.517 e. The third-order valence-corrected chi connectivity index (χ3v) is 5.46. The summed E-state index contributed by atoms with van der Waals surface area (Å²) in [6.07, 6.45) is 0. The Morgan fingerprint density at radius 2 is 1.13 bits per heavy atom. The number of likely N-dealkylation sites (N-methyl/N-ethyl adjacent to an activating group) is 1. The molecule has 23 heavy (non-hydrogen) atoms. The summed E-state index contributed by atoms with van der Waals surface area (Å²) in [5, 5.41) is 0. The van der Waals surface area contributed by atoms with Crippen molar-refractivity contribution in [1.29, 1.82) is 0 Å². The van der Waals surface area contributed by atoms with E-state index in [1.54, 1.807) is 0 Å². The molecule has 0 aromatic heterocycles. The molecule has 140 valence electrons. The van der Waals surface area contributed by atoms with Crippen LogP contribution in [0.15, 0.2) is 0 Å². The van der Waals surface area contributed by atoms with Crippen LogP contribution in [0.25, 0.3) is 0 Å². The normalized spacial score (nSPS) is 14.1. The van der Waals surface area contributed by atoms with Gasteiger partial charge in [0, 0.05) is 0 Å². The average molecular weight is 398 g/mol. The van der Waals surface area contributed by atoms with Crippen molar-refractivity contribution in [3.05, 3.63) is 0 Å². The lowest BCUT2D eigenvalue weighted by atomic mass is 10.5. The molecule has 16 heteroatoms. The molecule has 0 rings (SSSR count). The molecule has 0 aliphatic heterocycles. The van der Waals surface area contributed by atoms with Gasteiger partial charge in [-0.3, -0.25) is 4.79 Å². The van der Waals surface area contributed by atoms with Crippen molar-refractivity contribution in [3.8, 4) is 0 Å². The third kappa shape index (κ3) is 5.18. The van der Waals surface area contributed by atoms with Crippen molar-refractivity contribution in [1.82, 2.24) is 3.71 Å². The van der Waals surface area contributed by atoms with Crippen LogP contribution in [0.4, 0.5) is 26.3 Å². The first-order valence-corrected chi connectivity index (χ1v) is 7.89. The number of amides is 1. The number of nitrogens with zero attached hydrogens (tertiary/aromatic N) is 2. The highest BCUT2D eigenvalue weighted by Crippen LogP contribution is 2.35. The molecule has 0 aliphatic rings. The lowest BCUT2D eigenvalue weighted by Gasteiger charge is -2.28. The molecule has 0 bridgehead atoms.